The van der Waals surface area contributed by atoms with Gasteiger partial charge in [0.25, 0.3) is 0 Å². The maximum atomic E-state index is 8.62. The lowest BCUT2D eigenvalue weighted by Crippen LogP contribution is -2.02. The zero-order valence-corrected chi connectivity index (χ0v) is 14.2. The highest BCUT2D eigenvalue weighted by molar-refractivity contribution is 5.53. The van der Waals surface area contributed by atoms with E-state index in [4.69, 9.17) is 14.4 Å². The fourth-order valence-electron chi connectivity index (χ4n) is 2.58. The van der Waals surface area contributed by atoms with Gasteiger partial charge in [-0.2, -0.15) is 5.26 Å². The van der Waals surface area contributed by atoms with E-state index < -0.39 is 0 Å². The maximum Gasteiger partial charge on any atom is 0.226 e. The van der Waals surface area contributed by atoms with Gasteiger partial charge in [-0.05, 0) is 43.2 Å². The second-order valence-electron chi connectivity index (χ2n) is 5.79. The van der Waals surface area contributed by atoms with Gasteiger partial charge < -0.3 is 9.15 Å². The number of hydrogen-bond donors (Lipinski definition) is 0. The summed E-state index contributed by atoms with van der Waals surface area (Å²) in [6.45, 7) is 2.47. The van der Waals surface area contributed by atoms with E-state index in [1.54, 1.807) is 0 Å². The minimum atomic E-state index is 0.537. The molecule has 0 spiro atoms. The standard InChI is InChI=1S/C21H20N2O2/c1-16-20(23-21(25-16)18-7-3-2-4-8-18)13-15-24-19-11-9-17(10-12-19)6-5-14-22/h2-4,7-12H,5-6,13,15H2,1H3. The maximum absolute atomic E-state index is 8.62. The molecular weight excluding hydrogens is 312 g/mol. The molecule has 4 nitrogen and oxygen atoms in total. The molecule has 0 amide bonds. The van der Waals surface area contributed by atoms with Gasteiger partial charge >= 0.3 is 0 Å². The van der Waals surface area contributed by atoms with Gasteiger partial charge in [0.1, 0.15) is 11.5 Å². The summed E-state index contributed by atoms with van der Waals surface area (Å²) in [7, 11) is 0. The summed E-state index contributed by atoms with van der Waals surface area (Å²) in [6.07, 6.45) is 2.00. The molecule has 1 heterocycles. The normalized spacial score (nSPS) is 10.4. The van der Waals surface area contributed by atoms with Gasteiger partial charge in [0.15, 0.2) is 0 Å². The lowest BCUT2D eigenvalue weighted by Gasteiger charge is -2.06. The minimum Gasteiger partial charge on any atom is -0.493 e. The van der Waals surface area contributed by atoms with Crippen LogP contribution in [0, 0.1) is 18.3 Å². The van der Waals surface area contributed by atoms with Crippen molar-refractivity contribution in [3.63, 3.8) is 0 Å². The number of oxazole rings is 1. The number of rotatable bonds is 7. The van der Waals surface area contributed by atoms with Gasteiger partial charge in [-0.1, -0.05) is 30.3 Å². The molecule has 3 rings (SSSR count). The Labute approximate surface area is 147 Å². The van der Waals surface area contributed by atoms with Gasteiger partial charge in [0.2, 0.25) is 5.89 Å². The highest BCUT2D eigenvalue weighted by Gasteiger charge is 2.11. The second-order valence-corrected chi connectivity index (χ2v) is 5.79. The summed E-state index contributed by atoms with van der Waals surface area (Å²) in [5, 5.41) is 8.62. The number of aryl methyl sites for hydroxylation is 2. The lowest BCUT2D eigenvalue weighted by molar-refractivity contribution is 0.320. The van der Waals surface area contributed by atoms with Crippen molar-refractivity contribution in [2.75, 3.05) is 6.61 Å². The number of hydrogen-bond acceptors (Lipinski definition) is 4. The Balaban J connectivity index is 1.56. The van der Waals surface area contributed by atoms with Crippen LogP contribution in [0.4, 0.5) is 0 Å². The third kappa shape index (κ3) is 4.48. The molecule has 0 radical (unpaired) electrons. The fourth-order valence-corrected chi connectivity index (χ4v) is 2.58. The van der Waals surface area contributed by atoms with Crippen LogP contribution in [-0.2, 0) is 12.8 Å². The van der Waals surface area contributed by atoms with Crippen LogP contribution in [0.5, 0.6) is 5.75 Å². The van der Waals surface area contributed by atoms with E-state index >= 15 is 0 Å². The van der Waals surface area contributed by atoms with E-state index in [0.717, 1.165) is 34.8 Å². The molecule has 0 N–H and O–H groups in total. The SMILES string of the molecule is Cc1oc(-c2ccccc2)nc1CCOc1ccc(CCC#N)cc1. The Morgan fingerprint density at radius 3 is 2.52 bits per heavy atom. The molecule has 0 atom stereocenters. The molecule has 1 aromatic heterocycles. The van der Waals surface area contributed by atoms with E-state index in [9.17, 15) is 0 Å². The molecule has 0 aliphatic heterocycles. The summed E-state index contributed by atoms with van der Waals surface area (Å²) in [5.41, 5.74) is 3.05. The van der Waals surface area contributed by atoms with E-state index in [1.807, 2.05) is 61.5 Å². The third-order valence-corrected chi connectivity index (χ3v) is 3.97. The second kappa shape index (κ2) is 8.16. The van der Waals surface area contributed by atoms with Crippen LogP contribution in [0.15, 0.2) is 59.0 Å². The molecule has 0 unspecified atom stereocenters. The van der Waals surface area contributed by atoms with Crippen molar-refractivity contribution in [3.8, 4) is 23.3 Å². The molecule has 3 aromatic rings. The smallest absolute Gasteiger partial charge is 0.226 e. The van der Waals surface area contributed by atoms with Crippen LogP contribution in [-0.4, -0.2) is 11.6 Å². The zero-order valence-electron chi connectivity index (χ0n) is 14.2. The van der Waals surface area contributed by atoms with Gasteiger partial charge in [0.05, 0.1) is 18.4 Å². The highest BCUT2D eigenvalue weighted by Crippen LogP contribution is 2.22. The zero-order chi connectivity index (χ0) is 17.5. The van der Waals surface area contributed by atoms with Crippen molar-refractivity contribution < 1.29 is 9.15 Å². The Morgan fingerprint density at radius 1 is 1.04 bits per heavy atom. The lowest BCUT2D eigenvalue weighted by atomic mass is 10.1. The minimum absolute atomic E-state index is 0.537. The quantitative estimate of drug-likeness (QED) is 0.627. The van der Waals surface area contributed by atoms with Crippen molar-refractivity contribution in [1.29, 1.82) is 5.26 Å². The van der Waals surface area contributed by atoms with Gasteiger partial charge in [0, 0.05) is 18.4 Å². The van der Waals surface area contributed by atoms with E-state index in [1.165, 1.54) is 0 Å². The van der Waals surface area contributed by atoms with Crippen molar-refractivity contribution in [2.45, 2.75) is 26.2 Å². The first-order chi connectivity index (χ1) is 12.3. The summed E-state index contributed by atoms with van der Waals surface area (Å²) in [6, 6.07) is 19.9. The largest absolute Gasteiger partial charge is 0.493 e. The summed E-state index contributed by atoms with van der Waals surface area (Å²) in [5.74, 6) is 2.30. The van der Waals surface area contributed by atoms with Crippen LogP contribution in [0.2, 0.25) is 0 Å². The average Bonchev–Trinajstić information content (AvgIpc) is 3.03. The first kappa shape index (κ1) is 16.8. The number of ether oxygens (including phenoxy) is 1. The van der Waals surface area contributed by atoms with Crippen LogP contribution in [0.25, 0.3) is 11.5 Å². The molecular formula is C21H20N2O2. The van der Waals surface area contributed by atoms with E-state index in [-0.39, 0.29) is 0 Å². The molecule has 0 bridgehead atoms. The molecule has 0 saturated carbocycles. The van der Waals surface area contributed by atoms with Gasteiger partial charge in [-0.25, -0.2) is 4.98 Å². The average molecular weight is 332 g/mol. The topological polar surface area (TPSA) is 59.1 Å². The van der Waals surface area contributed by atoms with Crippen molar-refractivity contribution in [1.82, 2.24) is 4.98 Å². The summed E-state index contributed by atoms with van der Waals surface area (Å²) >= 11 is 0. The van der Waals surface area contributed by atoms with Crippen LogP contribution < -0.4 is 4.74 Å². The Morgan fingerprint density at radius 2 is 1.80 bits per heavy atom. The first-order valence-electron chi connectivity index (χ1n) is 8.36. The van der Waals surface area contributed by atoms with Gasteiger partial charge in [-0.15, -0.1) is 0 Å². The highest BCUT2D eigenvalue weighted by atomic mass is 16.5. The summed E-state index contributed by atoms with van der Waals surface area (Å²) in [4.78, 5) is 4.58. The molecule has 0 aliphatic carbocycles. The predicted molar refractivity (Wildman–Crippen MR) is 96.3 cm³/mol. The van der Waals surface area contributed by atoms with Crippen LogP contribution in [0.3, 0.4) is 0 Å². The van der Waals surface area contributed by atoms with Gasteiger partial charge in [-0.3, -0.25) is 0 Å². The number of nitriles is 1. The van der Waals surface area contributed by atoms with Crippen molar-refractivity contribution >= 4 is 0 Å². The predicted octanol–water partition coefficient (Wildman–Crippen LogP) is 4.73. The van der Waals surface area contributed by atoms with E-state index in [2.05, 4.69) is 11.1 Å². The molecule has 0 aliphatic rings. The molecule has 2 aromatic carbocycles. The Kier molecular flexibility index (Phi) is 5.48. The van der Waals surface area contributed by atoms with Crippen LogP contribution >= 0.6 is 0 Å². The first-order valence-corrected chi connectivity index (χ1v) is 8.36. The summed E-state index contributed by atoms with van der Waals surface area (Å²) < 4.78 is 11.6. The molecule has 126 valence electrons. The number of nitrogens with zero attached hydrogens (tertiary/aromatic N) is 2. The monoisotopic (exact) mass is 332 g/mol. The third-order valence-electron chi connectivity index (χ3n) is 3.97. The molecule has 25 heavy (non-hydrogen) atoms. The molecule has 0 fully saturated rings. The van der Waals surface area contributed by atoms with Crippen molar-refractivity contribution in [3.05, 3.63) is 71.6 Å². The Bertz CT molecular complexity index is 846. The number of aromatic nitrogens is 1. The Hall–Kier alpha value is -3.06. The fraction of sp³-hybridized carbons (Fsp3) is 0.238. The molecule has 0 saturated heterocycles. The van der Waals surface area contributed by atoms with Crippen molar-refractivity contribution in [2.24, 2.45) is 0 Å². The van der Waals surface area contributed by atoms with Crippen LogP contribution in [0.1, 0.15) is 23.4 Å². The van der Waals surface area contributed by atoms with E-state index in [0.29, 0.717) is 25.3 Å². The number of benzene rings is 2. The molecule has 4 heteroatoms.